The molecule has 5 rings (SSSR count). The van der Waals surface area contributed by atoms with Gasteiger partial charge >= 0.3 is 5.97 Å². The van der Waals surface area contributed by atoms with Crippen LogP contribution in [0.1, 0.15) is 63.6 Å². The lowest BCUT2D eigenvalue weighted by atomic mass is 9.96. The Morgan fingerprint density at radius 3 is 2.24 bits per heavy atom. The molecule has 4 atom stereocenters. The van der Waals surface area contributed by atoms with Gasteiger partial charge in [-0.05, 0) is 74.6 Å². The predicted octanol–water partition coefficient (Wildman–Crippen LogP) is 3.89. The molecule has 3 heterocycles. The number of nitrogens with zero attached hydrogens (tertiary/aromatic N) is 2. The van der Waals surface area contributed by atoms with Crippen LogP contribution in [0.3, 0.4) is 0 Å². The smallest absolute Gasteiger partial charge is 0.330 e. The quantitative estimate of drug-likeness (QED) is 0.361. The Labute approximate surface area is 238 Å². The van der Waals surface area contributed by atoms with Crippen molar-refractivity contribution < 1.29 is 29.0 Å². The summed E-state index contributed by atoms with van der Waals surface area (Å²) < 4.78 is 10.5. The van der Waals surface area contributed by atoms with Crippen LogP contribution >= 0.6 is 0 Å². The van der Waals surface area contributed by atoms with Crippen LogP contribution in [0.5, 0.6) is 11.5 Å². The van der Waals surface area contributed by atoms with Crippen LogP contribution in [0.25, 0.3) is 0 Å². The minimum absolute atomic E-state index is 0.0535. The SMILES string of the molecule is COc1ccc([C@H](NC(=O)c2ccc(N3[C@@H]4CC[C@H]3CC(NC(=O)c3cccc(OC)c3C)C4)nc2)C(=O)O)cc1. The Hall–Kier alpha value is -4.60. The van der Waals surface area contributed by atoms with E-state index in [1.54, 1.807) is 37.4 Å². The van der Waals surface area contributed by atoms with Gasteiger partial charge in [-0.15, -0.1) is 0 Å². The van der Waals surface area contributed by atoms with E-state index in [4.69, 9.17) is 9.47 Å². The normalized spacial score (nSPS) is 20.2. The first kappa shape index (κ1) is 27.9. The Kier molecular flexibility index (Phi) is 8.09. The van der Waals surface area contributed by atoms with Crippen molar-refractivity contribution in [3.05, 3.63) is 83.0 Å². The van der Waals surface area contributed by atoms with Crippen LogP contribution in [0.2, 0.25) is 0 Å². The number of carbonyl (C=O) groups is 3. The molecule has 3 N–H and O–H groups in total. The summed E-state index contributed by atoms with van der Waals surface area (Å²) in [5.74, 6) is 0.270. The molecule has 1 unspecified atom stereocenters. The first-order valence-electron chi connectivity index (χ1n) is 13.7. The number of fused-ring (bicyclic) bond motifs is 2. The van der Waals surface area contributed by atoms with Crippen LogP contribution in [0.4, 0.5) is 5.82 Å². The number of rotatable bonds is 9. The number of carboxylic acid groups (broad SMARTS) is 1. The van der Waals surface area contributed by atoms with Crippen molar-refractivity contribution in [2.75, 3.05) is 19.1 Å². The van der Waals surface area contributed by atoms with E-state index in [0.717, 1.165) is 37.1 Å². The summed E-state index contributed by atoms with van der Waals surface area (Å²) in [5, 5.41) is 15.5. The second kappa shape index (κ2) is 11.9. The number of aromatic nitrogens is 1. The second-order valence-electron chi connectivity index (χ2n) is 10.5. The van der Waals surface area contributed by atoms with Gasteiger partial charge in [0.15, 0.2) is 6.04 Å². The van der Waals surface area contributed by atoms with Gasteiger partial charge in [0.1, 0.15) is 17.3 Å². The molecule has 2 saturated heterocycles. The van der Waals surface area contributed by atoms with E-state index in [-0.39, 0.29) is 29.6 Å². The standard InChI is InChI=1S/C31H34N4O6/c1-18-25(5-4-6-26(18)41-3)30(37)33-21-15-22-10-11-23(16-21)35(22)27-14-9-20(17-32-27)29(36)34-28(31(38)39)19-7-12-24(40-2)13-8-19/h4-9,12-14,17,21-23,28H,10-11,15-16H2,1-3H3,(H,33,37)(H,34,36)(H,38,39)/t21?,22-,23+,28-/m0/s1. The molecule has 1 aromatic heterocycles. The van der Waals surface area contributed by atoms with Crippen molar-refractivity contribution in [3.8, 4) is 11.5 Å². The molecule has 0 saturated carbocycles. The second-order valence-corrected chi connectivity index (χ2v) is 10.5. The molecule has 0 radical (unpaired) electrons. The lowest BCUT2D eigenvalue weighted by molar-refractivity contribution is -0.139. The van der Waals surface area contributed by atoms with Crippen molar-refractivity contribution in [3.63, 3.8) is 0 Å². The summed E-state index contributed by atoms with van der Waals surface area (Å²) in [7, 11) is 3.12. The molecule has 41 heavy (non-hydrogen) atoms. The number of carboxylic acids is 1. The number of amides is 2. The van der Waals surface area contributed by atoms with Gasteiger partial charge in [-0.25, -0.2) is 9.78 Å². The fraction of sp³-hybridized carbons (Fsp3) is 0.355. The molecular weight excluding hydrogens is 524 g/mol. The van der Waals surface area contributed by atoms with E-state index in [2.05, 4.69) is 20.5 Å². The maximum Gasteiger partial charge on any atom is 0.330 e. The number of anilines is 1. The maximum absolute atomic E-state index is 13.1. The van der Waals surface area contributed by atoms with E-state index in [1.165, 1.54) is 13.3 Å². The van der Waals surface area contributed by atoms with Crippen molar-refractivity contribution in [2.24, 2.45) is 0 Å². The van der Waals surface area contributed by atoms with Crippen LogP contribution in [0.15, 0.2) is 60.8 Å². The van der Waals surface area contributed by atoms with Gasteiger partial charge in [0, 0.05) is 35.4 Å². The van der Waals surface area contributed by atoms with Gasteiger partial charge in [0.05, 0.1) is 19.8 Å². The Morgan fingerprint density at radius 1 is 0.951 bits per heavy atom. The van der Waals surface area contributed by atoms with Gasteiger partial charge in [-0.3, -0.25) is 9.59 Å². The number of nitrogens with one attached hydrogen (secondary N) is 2. The summed E-state index contributed by atoms with van der Waals surface area (Å²) in [6, 6.07) is 14.8. The van der Waals surface area contributed by atoms with E-state index in [1.807, 2.05) is 31.2 Å². The zero-order chi connectivity index (χ0) is 29.1. The topological polar surface area (TPSA) is 130 Å². The number of ether oxygens (including phenoxy) is 2. The molecule has 2 aliphatic heterocycles. The fourth-order valence-electron chi connectivity index (χ4n) is 5.99. The van der Waals surface area contributed by atoms with Crippen LogP contribution < -0.4 is 25.0 Å². The number of carbonyl (C=O) groups excluding carboxylic acids is 2. The van der Waals surface area contributed by atoms with Gasteiger partial charge in [-0.2, -0.15) is 0 Å². The maximum atomic E-state index is 13.1. The van der Waals surface area contributed by atoms with Crippen molar-refractivity contribution in [1.29, 1.82) is 0 Å². The molecule has 2 aliphatic rings. The molecule has 214 valence electrons. The summed E-state index contributed by atoms with van der Waals surface area (Å²) in [5.41, 5.74) is 2.15. The average molecular weight is 559 g/mol. The molecule has 0 aliphatic carbocycles. The summed E-state index contributed by atoms with van der Waals surface area (Å²) in [6.07, 6.45) is 5.09. The predicted molar refractivity (Wildman–Crippen MR) is 153 cm³/mol. The number of methoxy groups -OCH3 is 2. The summed E-state index contributed by atoms with van der Waals surface area (Å²) in [4.78, 5) is 44.7. The van der Waals surface area contributed by atoms with Gasteiger partial charge in [0.25, 0.3) is 11.8 Å². The third-order valence-corrected chi connectivity index (χ3v) is 8.06. The lowest BCUT2D eigenvalue weighted by Crippen LogP contribution is -2.50. The van der Waals surface area contributed by atoms with E-state index < -0.39 is 17.9 Å². The van der Waals surface area contributed by atoms with Crippen molar-refractivity contribution >= 4 is 23.6 Å². The molecule has 2 bridgehead atoms. The highest BCUT2D eigenvalue weighted by Crippen LogP contribution is 2.38. The first-order chi connectivity index (χ1) is 19.8. The number of benzene rings is 2. The largest absolute Gasteiger partial charge is 0.497 e. The lowest BCUT2D eigenvalue weighted by Gasteiger charge is -2.40. The highest BCUT2D eigenvalue weighted by Gasteiger charge is 2.42. The van der Waals surface area contributed by atoms with E-state index in [0.29, 0.717) is 22.6 Å². The van der Waals surface area contributed by atoms with Crippen molar-refractivity contribution in [2.45, 2.75) is 56.8 Å². The molecule has 2 aromatic carbocycles. The molecule has 2 amide bonds. The number of hydrogen-bond donors (Lipinski definition) is 3. The van der Waals surface area contributed by atoms with Crippen LogP contribution in [0, 0.1) is 6.92 Å². The van der Waals surface area contributed by atoms with Gasteiger partial charge in [0.2, 0.25) is 0 Å². The Morgan fingerprint density at radius 2 is 1.66 bits per heavy atom. The number of hydrogen-bond acceptors (Lipinski definition) is 7. The first-order valence-corrected chi connectivity index (χ1v) is 13.7. The number of piperidine rings is 1. The fourth-order valence-corrected chi connectivity index (χ4v) is 5.99. The average Bonchev–Trinajstić information content (AvgIpc) is 3.25. The summed E-state index contributed by atoms with van der Waals surface area (Å²) >= 11 is 0. The zero-order valence-corrected chi connectivity index (χ0v) is 23.3. The Balaban J connectivity index is 1.22. The molecule has 0 spiro atoms. The molecule has 3 aromatic rings. The van der Waals surface area contributed by atoms with Crippen molar-refractivity contribution in [1.82, 2.24) is 15.6 Å². The highest BCUT2D eigenvalue weighted by atomic mass is 16.5. The summed E-state index contributed by atoms with van der Waals surface area (Å²) in [6.45, 7) is 1.89. The molecule has 2 fully saturated rings. The third-order valence-electron chi connectivity index (χ3n) is 8.06. The molecule has 10 heteroatoms. The van der Waals surface area contributed by atoms with Crippen LogP contribution in [-0.4, -0.2) is 60.2 Å². The minimum atomic E-state index is -1.21. The highest BCUT2D eigenvalue weighted by molar-refractivity contribution is 5.97. The molecule has 10 nitrogen and oxygen atoms in total. The van der Waals surface area contributed by atoms with Gasteiger partial charge in [-0.1, -0.05) is 18.2 Å². The zero-order valence-electron chi connectivity index (χ0n) is 23.3. The molecular formula is C31H34N4O6. The number of aliphatic carboxylic acids is 1. The monoisotopic (exact) mass is 558 g/mol. The van der Waals surface area contributed by atoms with Crippen LogP contribution in [-0.2, 0) is 4.79 Å². The number of pyridine rings is 1. The third kappa shape index (κ3) is 5.82. The Bertz CT molecular complexity index is 1410. The van der Waals surface area contributed by atoms with E-state index in [9.17, 15) is 19.5 Å². The van der Waals surface area contributed by atoms with Gasteiger partial charge < -0.3 is 30.1 Å². The minimum Gasteiger partial charge on any atom is -0.497 e. The van der Waals surface area contributed by atoms with E-state index >= 15 is 0 Å².